The number of rotatable bonds is 10. The maximum absolute atomic E-state index is 13.0. The van der Waals surface area contributed by atoms with Crippen LogP contribution in [0, 0.1) is 5.92 Å². The van der Waals surface area contributed by atoms with Gasteiger partial charge in [-0.05, 0) is 50.2 Å². The van der Waals surface area contributed by atoms with Gasteiger partial charge in [-0.3, -0.25) is 19.2 Å². The van der Waals surface area contributed by atoms with E-state index in [0.717, 1.165) is 47.2 Å². The van der Waals surface area contributed by atoms with E-state index >= 15 is 0 Å². The van der Waals surface area contributed by atoms with E-state index in [2.05, 4.69) is 20.3 Å². The van der Waals surface area contributed by atoms with Crippen molar-refractivity contribution in [1.82, 2.24) is 25.0 Å². The smallest absolute Gasteiger partial charge is 0.294 e. The lowest BCUT2D eigenvalue weighted by molar-refractivity contribution is -0.147. The van der Waals surface area contributed by atoms with Crippen molar-refractivity contribution in [3.63, 3.8) is 0 Å². The van der Waals surface area contributed by atoms with Crippen LogP contribution >= 0.6 is 11.3 Å². The van der Waals surface area contributed by atoms with Gasteiger partial charge in [0.25, 0.3) is 24.0 Å². The molecule has 1 N–H and O–H groups in total. The van der Waals surface area contributed by atoms with E-state index in [1.165, 1.54) is 11.3 Å². The summed E-state index contributed by atoms with van der Waals surface area (Å²) in [5.41, 5.74) is 2.22. The van der Waals surface area contributed by atoms with Crippen LogP contribution in [-0.2, 0) is 29.5 Å². The lowest BCUT2D eigenvalue weighted by Gasteiger charge is -2.36. The van der Waals surface area contributed by atoms with E-state index in [1.807, 2.05) is 31.4 Å². The molecule has 1 atom stereocenters. The number of thiazole rings is 1. The zero-order valence-electron chi connectivity index (χ0n) is 21.1. The molecule has 0 radical (unpaired) electrons. The standard InChI is InChI=1S/C26H31F2N5O4S/c1-32-12-19-18(3-2-4-20(19)31-32)25(35)29-17-7-5-16(6-8-17)11-24(37-15-34)33-10-9-22-21(13-33)30-26(38-22)36-14-23(27)28/h2-4,12,15-17,23-24H,5-11,13-14H2,1H3,(H,29,35)/t16-,17-,24?. The molecular weight excluding hydrogens is 516 g/mol. The Hall–Kier alpha value is -3.12. The highest BCUT2D eigenvalue weighted by molar-refractivity contribution is 7.13. The first kappa shape index (κ1) is 26.5. The van der Waals surface area contributed by atoms with Crippen molar-refractivity contribution in [2.75, 3.05) is 13.2 Å². The summed E-state index contributed by atoms with van der Waals surface area (Å²) in [4.78, 5) is 31.8. The van der Waals surface area contributed by atoms with Crippen molar-refractivity contribution in [2.24, 2.45) is 13.0 Å². The van der Waals surface area contributed by atoms with E-state index in [9.17, 15) is 18.4 Å². The molecule has 1 aromatic carbocycles. The predicted molar refractivity (Wildman–Crippen MR) is 137 cm³/mol. The Balaban J connectivity index is 1.14. The number of benzene rings is 1. The van der Waals surface area contributed by atoms with Gasteiger partial charge in [0.05, 0.1) is 16.8 Å². The van der Waals surface area contributed by atoms with Crippen LogP contribution in [0.3, 0.4) is 0 Å². The molecule has 1 amide bonds. The number of hydrogen-bond acceptors (Lipinski definition) is 8. The largest absolute Gasteiger partial charge is 0.464 e. The molecular formula is C26H31F2N5O4S. The number of alkyl halides is 2. The van der Waals surface area contributed by atoms with Crippen molar-refractivity contribution in [3.8, 4) is 5.19 Å². The molecule has 0 bridgehead atoms. The van der Waals surface area contributed by atoms with Crippen molar-refractivity contribution >= 4 is 34.6 Å². The van der Waals surface area contributed by atoms with Crippen LogP contribution in [0.2, 0.25) is 0 Å². The highest BCUT2D eigenvalue weighted by atomic mass is 32.1. The van der Waals surface area contributed by atoms with Gasteiger partial charge in [-0.1, -0.05) is 17.4 Å². The van der Waals surface area contributed by atoms with Crippen LogP contribution < -0.4 is 10.1 Å². The summed E-state index contributed by atoms with van der Waals surface area (Å²) in [6.45, 7) is 0.986. The first-order chi connectivity index (χ1) is 18.4. The summed E-state index contributed by atoms with van der Waals surface area (Å²) in [6, 6.07) is 5.66. The number of carbonyl (C=O) groups excluding carboxylic acids is 2. The van der Waals surface area contributed by atoms with Crippen molar-refractivity contribution < 1.29 is 27.8 Å². The third-order valence-corrected chi connectivity index (χ3v) is 8.39. The minimum Gasteiger partial charge on any atom is -0.464 e. The number of aromatic nitrogens is 3. The molecule has 3 aromatic rings. The Morgan fingerprint density at radius 1 is 1.29 bits per heavy atom. The quantitative estimate of drug-likeness (QED) is 0.384. The summed E-state index contributed by atoms with van der Waals surface area (Å²) >= 11 is 1.30. The number of fused-ring (bicyclic) bond motifs is 2. The Morgan fingerprint density at radius 3 is 2.87 bits per heavy atom. The fourth-order valence-corrected chi connectivity index (χ4v) is 6.36. The molecule has 1 saturated carbocycles. The molecule has 1 aliphatic heterocycles. The summed E-state index contributed by atoms with van der Waals surface area (Å²) in [7, 11) is 1.84. The van der Waals surface area contributed by atoms with Crippen LogP contribution in [-0.4, -0.2) is 63.9 Å². The molecule has 5 rings (SSSR count). The third kappa shape index (κ3) is 6.12. The second kappa shape index (κ2) is 11.7. The maximum atomic E-state index is 13.0. The molecule has 2 aliphatic rings. The number of nitrogens with one attached hydrogen (secondary N) is 1. The van der Waals surface area contributed by atoms with Gasteiger partial charge in [0, 0.05) is 49.1 Å². The number of ether oxygens (including phenoxy) is 2. The molecule has 2 aromatic heterocycles. The van der Waals surface area contributed by atoms with E-state index in [1.54, 1.807) is 4.68 Å². The summed E-state index contributed by atoms with van der Waals surface area (Å²) in [5.74, 6) is 0.273. The molecule has 0 saturated heterocycles. The van der Waals surface area contributed by atoms with Gasteiger partial charge in [-0.2, -0.15) is 5.10 Å². The Morgan fingerprint density at radius 2 is 2.11 bits per heavy atom. The van der Waals surface area contributed by atoms with Gasteiger partial charge in [0.2, 0.25) is 0 Å². The van der Waals surface area contributed by atoms with Crippen molar-refractivity contribution in [1.29, 1.82) is 0 Å². The average Bonchev–Trinajstić information content (AvgIpc) is 3.49. The molecule has 1 aliphatic carbocycles. The number of halogens is 2. The SMILES string of the molecule is Cn1cc2c(C(=O)N[C@H]3CC[C@H](CC(OC=O)N4CCc5sc(OCC(F)F)nc5C4)CC3)cccc2n1. The monoisotopic (exact) mass is 547 g/mol. The first-order valence-corrected chi connectivity index (χ1v) is 13.7. The van der Waals surface area contributed by atoms with E-state index < -0.39 is 13.0 Å². The van der Waals surface area contributed by atoms with Crippen LogP contribution in [0.1, 0.15) is 53.0 Å². The topological polar surface area (TPSA) is 98.6 Å². The second-order valence-electron chi connectivity index (χ2n) is 9.93. The normalized spacial score (nSPS) is 20.7. The number of nitrogens with zero attached hydrogens (tertiary/aromatic N) is 4. The van der Waals surface area contributed by atoms with E-state index in [-0.39, 0.29) is 23.4 Å². The number of amides is 1. The maximum Gasteiger partial charge on any atom is 0.294 e. The van der Waals surface area contributed by atoms with Gasteiger partial charge in [0.1, 0.15) is 0 Å². The first-order valence-electron chi connectivity index (χ1n) is 12.9. The molecule has 9 nitrogen and oxygen atoms in total. The van der Waals surface area contributed by atoms with Crippen LogP contribution in [0.25, 0.3) is 10.9 Å². The third-order valence-electron chi connectivity index (χ3n) is 7.32. The van der Waals surface area contributed by atoms with Gasteiger partial charge < -0.3 is 14.8 Å². The van der Waals surface area contributed by atoms with E-state index in [0.29, 0.717) is 43.9 Å². The number of carbonyl (C=O) groups is 2. The Bertz CT molecular complexity index is 1270. The summed E-state index contributed by atoms with van der Waals surface area (Å²) in [6.07, 6.45) is 3.88. The molecule has 1 unspecified atom stereocenters. The molecule has 204 valence electrons. The Kier molecular flexibility index (Phi) is 8.18. The predicted octanol–water partition coefficient (Wildman–Crippen LogP) is 3.91. The highest BCUT2D eigenvalue weighted by Crippen LogP contribution is 2.34. The number of aryl methyl sites for hydroxylation is 1. The second-order valence-corrected chi connectivity index (χ2v) is 11.0. The molecule has 12 heteroatoms. The highest BCUT2D eigenvalue weighted by Gasteiger charge is 2.32. The minimum absolute atomic E-state index is 0.0847. The van der Waals surface area contributed by atoms with E-state index in [4.69, 9.17) is 9.47 Å². The Labute approximate surface area is 223 Å². The zero-order chi connectivity index (χ0) is 26.6. The van der Waals surface area contributed by atoms with Gasteiger partial charge in [-0.25, -0.2) is 13.8 Å². The van der Waals surface area contributed by atoms with Crippen LogP contribution in [0.15, 0.2) is 24.4 Å². The van der Waals surface area contributed by atoms with Crippen LogP contribution in [0.5, 0.6) is 5.19 Å². The van der Waals surface area contributed by atoms with Crippen molar-refractivity contribution in [2.45, 2.75) is 63.8 Å². The van der Waals surface area contributed by atoms with Gasteiger partial charge in [0.15, 0.2) is 12.8 Å². The zero-order valence-corrected chi connectivity index (χ0v) is 22.0. The minimum atomic E-state index is -2.54. The van der Waals surface area contributed by atoms with Crippen molar-refractivity contribution in [3.05, 3.63) is 40.5 Å². The summed E-state index contributed by atoms with van der Waals surface area (Å²) in [5, 5.41) is 8.67. The number of hydrogen-bond donors (Lipinski definition) is 1. The molecule has 3 heterocycles. The average molecular weight is 548 g/mol. The van der Waals surface area contributed by atoms with Gasteiger partial charge >= 0.3 is 0 Å². The lowest BCUT2D eigenvalue weighted by Crippen LogP contribution is -2.43. The molecule has 1 fully saturated rings. The van der Waals surface area contributed by atoms with Gasteiger partial charge in [-0.15, -0.1) is 0 Å². The van der Waals surface area contributed by atoms with Crippen LogP contribution in [0.4, 0.5) is 8.78 Å². The fraction of sp³-hybridized carbons (Fsp3) is 0.538. The summed E-state index contributed by atoms with van der Waals surface area (Å²) < 4.78 is 37.2. The molecule has 38 heavy (non-hydrogen) atoms. The fourth-order valence-electron chi connectivity index (χ4n) is 5.44. The lowest BCUT2D eigenvalue weighted by atomic mass is 9.83. The molecule has 0 spiro atoms.